The van der Waals surface area contributed by atoms with Gasteiger partial charge in [0, 0.05) is 30.1 Å². The van der Waals surface area contributed by atoms with Crippen LogP contribution < -0.4 is 15.4 Å². The third kappa shape index (κ3) is 4.31. The Bertz CT molecular complexity index is 843. The number of carbonyl (C=O) groups excluding carboxylic acids is 2. The standard InChI is InChI=1S/C20H23N3O3S/c1-13(24)21-16-4-2-3-15(11-16)18-5-6-19(27-18)26-20(25)22-17-12-23-9-7-14(17)8-10-23/h2-6,11,14,17H,7-10,12H2,1H3,(H,21,24)(H,22,25). The normalized spacial score (nSPS) is 23.7. The summed E-state index contributed by atoms with van der Waals surface area (Å²) in [5.74, 6) is 0.463. The Morgan fingerprint density at radius 1 is 1.19 bits per heavy atom. The maximum Gasteiger partial charge on any atom is 0.413 e. The highest BCUT2D eigenvalue weighted by Crippen LogP contribution is 2.34. The van der Waals surface area contributed by atoms with Crippen LogP contribution in [0.3, 0.4) is 0 Å². The van der Waals surface area contributed by atoms with Gasteiger partial charge in [-0.25, -0.2) is 4.79 Å². The lowest BCUT2D eigenvalue weighted by Crippen LogP contribution is -2.57. The summed E-state index contributed by atoms with van der Waals surface area (Å²) in [4.78, 5) is 26.9. The molecule has 5 rings (SSSR count). The topological polar surface area (TPSA) is 70.7 Å². The zero-order chi connectivity index (χ0) is 18.8. The van der Waals surface area contributed by atoms with Gasteiger partial charge in [-0.1, -0.05) is 23.5 Å². The fourth-order valence-corrected chi connectivity index (χ4v) is 4.74. The molecule has 3 saturated heterocycles. The van der Waals surface area contributed by atoms with Crippen LogP contribution in [-0.2, 0) is 4.79 Å². The van der Waals surface area contributed by atoms with Gasteiger partial charge in [0.25, 0.3) is 0 Å². The van der Waals surface area contributed by atoms with Crippen LogP contribution in [0.5, 0.6) is 5.06 Å². The van der Waals surface area contributed by atoms with Crippen molar-refractivity contribution in [1.82, 2.24) is 10.2 Å². The lowest BCUT2D eigenvalue weighted by molar-refractivity contribution is -0.114. The monoisotopic (exact) mass is 385 g/mol. The van der Waals surface area contributed by atoms with E-state index in [1.807, 2.05) is 30.3 Å². The van der Waals surface area contributed by atoms with E-state index < -0.39 is 0 Å². The molecule has 0 saturated carbocycles. The number of piperidine rings is 3. The molecule has 3 aliphatic rings. The Labute approximate surface area is 162 Å². The molecule has 0 spiro atoms. The number of amides is 2. The minimum Gasteiger partial charge on any atom is -0.399 e. The summed E-state index contributed by atoms with van der Waals surface area (Å²) in [5.41, 5.74) is 1.72. The fraction of sp³-hybridized carbons (Fsp3) is 0.400. The van der Waals surface area contributed by atoms with E-state index >= 15 is 0 Å². The Balaban J connectivity index is 1.38. The molecule has 0 radical (unpaired) electrons. The van der Waals surface area contributed by atoms with Gasteiger partial charge in [0.05, 0.1) is 0 Å². The second kappa shape index (κ2) is 7.70. The molecule has 7 heteroatoms. The molecule has 1 atom stereocenters. The summed E-state index contributed by atoms with van der Waals surface area (Å²) in [5, 5.41) is 6.38. The second-order valence-corrected chi connectivity index (χ2v) is 8.21. The van der Waals surface area contributed by atoms with Gasteiger partial charge in [-0.15, -0.1) is 0 Å². The molecule has 3 fully saturated rings. The van der Waals surface area contributed by atoms with Crippen molar-refractivity contribution in [3.05, 3.63) is 36.4 Å². The highest BCUT2D eigenvalue weighted by atomic mass is 32.1. The van der Waals surface area contributed by atoms with Crippen LogP contribution in [0.25, 0.3) is 10.4 Å². The van der Waals surface area contributed by atoms with Gasteiger partial charge < -0.3 is 20.3 Å². The second-order valence-electron chi connectivity index (χ2n) is 7.16. The highest BCUT2D eigenvalue weighted by Gasteiger charge is 2.35. The molecule has 27 heavy (non-hydrogen) atoms. The van der Waals surface area contributed by atoms with Gasteiger partial charge in [-0.3, -0.25) is 4.79 Å². The number of thiophene rings is 1. The van der Waals surface area contributed by atoms with Crippen molar-refractivity contribution in [1.29, 1.82) is 0 Å². The largest absolute Gasteiger partial charge is 0.413 e. The molecule has 1 aromatic carbocycles. The fourth-order valence-electron chi connectivity index (χ4n) is 3.88. The molecule has 0 aliphatic carbocycles. The maximum absolute atomic E-state index is 12.3. The van der Waals surface area contributed by atoms with E-state index in [0.29, 0.717) is 11.0 Å². The first-order valence-corrected chi connectivity index (χ1v) is 10.1. The van der Waals surface area contributed by atoms with Crippen LogP contribution in [0.1, 0.15) is 19.8 Å². The van der Waals surface area contributed by atoms with Gasteiger partial charge in [-0.2, -0.15) is 0 Å². The van der Waals surface area contributed by atoms with Crippen molar-refractivity contribution in [2.24, 2.45) is 5.92 Å². The van der Waals surface area contributed by atoms with Crippen LogP contribution in [0.2, 0.25) is 0 Å². The number of anilines is 1. The lowest BCUT2D eigenvalue weighted by atomic mass is 9.84. The molecular weight excluding hydrogens is 362 g/mol. The predicted molar refractivity (Wildman–Crippen MR) is 106 cm³/mol. The van der Waals surface area contributed by atoms with Gasteiger partial charge >= 0.3 is 6.09 Å². The van der Waals surface area contributed by atoms with E-state index in [4.69, 9.17) is 4.74 Å². The SMILES string of the molecule is CC(=O)Nc1cccc(-c2ccc(OC(=O)NC3CN4CCC3CC4)s2)c1. The highest BCUT2D eigenvalue weighted by molar-refractivity contribution is 7.17. The molecule has 6 nitrogen and oxygen atoms in total. The number of ether oxygens (including phenoxy) is 1. The van der Waals surface area contributed by atoms with Crippen LogP contribution in [0, 0.1) is 5.92 Å². The minimum atomic E-state index is -0.380. The van der Waals surface area contributed by atoms with Crippen LogP contribution >= 0.6 is 11.3 Å². The average Bonchev–Trinajstić information content (AvgIpc) is 3.11. The Morgan fingerprint density at radius 2 is 2.00 bits per heavy atom. The quantitative estimate of drug-likeness (QED) is 0.844. The Hall–Kier alpha value is -2.38. The Kier molecular flexibility index (Phi) is 5.13. The van der Waals surface area contributed by atoms with Gasteiger partial charge in [0.1, 0.15) is 0 Å². The number of fused-ring (bicyclic) bond motifs is 3. The van der Waals surface area contributed by atoms with Crippen molar-refractivity contribution in [3.8, 4) is 15.5 Å². The van der Waals surface area contributed by atoms with Crippen molar-refractivity contribution in [2.45, 2.75) is 25.8 Å². The third-order valence-electron chi connectivity index (χ3n) is 5.20. The molecule has 2 amide bonds. The summed E-state index contributed by atoms with van der Waals surface area (Å²) < 4.78 is 5.50. The number of carbonyl (C=O) groups is 2. The zero-order valence-corrected chi connectivity index (χ0v) is 16.1. The molecule has 4 heterocycles. The molecule has 3 aliphatic heterocycles. The number of benzene rings is 1. The molecular formula is C20H23N3O3S. The smallest absolute Gasteiger partial charge is 0.399 e. The van der Waals surface area contributed by atoms with Gasteiger partial charge in [0.2, 0.25) is 5.91 Å². The number of rotatable bonds is 4. The van der Waals surface area contributed by atoms with Crippen LogP contribution in [0.4, 0.5) is 10.5 Å². The number of nitrogens with zero attached hydrogens (tertiary/aromatic N) is 1. The maximum atomic E-state index is 12.3. The van der Waals surface area contributed by atoms with Crippen molar-refractivity contribution >= 4 is 29.0 Å². The van der Waals surface area contributed by atoms with E-state index in [1.54, 1.807) is 6.07 Å². The number of nitrogens with one attached hydrogen (secondary N) is 2. The molecule has 1 unspecified atom stereocenters. The summed E-state index contributed by atoms with van der Waals surface area (Å²) in [7, 11) is 0. The molecule has 2 aromatic rings. The number of hydrogen-bond donors (Lipinski definition) is 2. The number of hydrogen-bond acceptors (Lipinski definition) is 5. The Morgan fingerprint density at radius 3 is 2.70 bits per heavy atom. The van der Waals surface area contributed by atoms with Gasteiger partial charge in [0.15, 0.2) is 5.06 Å². The first kappa shape index (κ1) is 18.0. The summed E-state index contributed by atoms with van der Waals surface area (Å²) in [6, 6.07) is 11.5. The first-order valence-electron chi connectivity index (χ1n) is 9.25. The van der Waals surface area contributed by atoms with E-state index in [0.717, 1.165) is 48.6 Å². The zero-order valence-electron chi connectivity index (χ0n) is 15.2. The summed E-state index contributed by atoms with van der Waals surface area (Å²) >= 11 is 1.41. The van der Waals surface area contributed by atoms with Gasteiger partial charge in [-0.05, 0) is 61.7 Å². The van der Waals surface area contributed by atoms with Crippen molar-refractivity contribution in [2.75, 3.05) is 25.0 Å². The van der Waals surface area contributed by atoms with E-state index in [-0.39, 0.29) is 18.0 Å². The predicted octanol–water partition coefficient (Wildman–Crippen LogP) is 3.56. The van der Waals surface area contributed by atoms with E-state index in [9.17, 15) is 9.59 Å². The molecule has 1 aromatic heterocycles. The van der Waals surface area contributed by atoms with Crippen LogP contribution in [0.15, 0.2) is 36.4 Å². The van der Waals surface area contributed by atoms with E-state index in [1.165, 1.54) is 18.3 Å². The van der Waals surface area contributed by atoms with Crippen molar-refractivity contribution in [3.63, 3.8) is 0 Å². The molecule has 142 valence electrons. The third-order valence-corrected chi connectivity index (χ3v) is 6.21. The van der Waals surface area contributed by atoms with Crippen LogP contribution in [-0.4, -0.2) is 42.6 Å². The molecule has 2 bridgehead atoms. The first-order chi connectivity index (χ1) is 13.1. The van der Waals surface area contributed by atoms with E-state index in [2.05, 4.69) is 15.5 Å². The minimum absolute atomic E-state index is 0.105. The summed E-state index contributed by atoms with van der Waals surface area (Å²) in [6.07, 6.45) is 1.92. The van der Waals surface area contributed by atoms with Crippen molar-refractivity contribution < 1.29 is 14.3 Å². The lowest BCUT2D eigenvalue weighted by Gasteiger charge is -2.44. The average molecular weight is 385 g/mol. The summed E-state index contributed by atoms with van der Waals surface area (Å²) in [6.45, 7) is 4.69. The molecule has 2 N–H and O–H groups in total.